The summed E-state index contributed by atoms with van der Waals surface area (Å²) in [6.07, 6.45) is 3.83. The molecular formula is C44H80O8Si2. The van der Waals surface area contributed by atoms with Crippen LogP contribution < -0.4 is 0 Å². The predicted molar refractivity (Wildman–Crippen MR) is 225 cm³/mol. The molecule has 2 aliphatic rings. The molecule has 2 heterocycles. The molecule has 2 fully saturated rings. The summed E-state index contributed by atoms with van der Waals surface area (Å²) in [7, 11) is -4.00. The molecule has 10 heteroatoms. The Morgan fingerprint density at radius 1 is 0.944 bits per heavy atom. The lowest BCUT2D eigenvalue weighted by Crippen LogP contribution is -2.62. The van der Waals surface area contributed by atoms with E-state index in [9.17, 15) is 0 Å². The van der Waals surface area contributed by atoms with Gasteiger partial charge in [-0.25, -0.2) is 0 Å². The normalized spacial score (nSPS) is 26.8. The standard InChI is InChI=1S/C44H80O8Si2/c1-18-46-35(5)49-38-26-37(25-32(2)24-33(3)28-48-53(14,15)41(6,7)8)44(47-30-38)27-39(50-43(12,13)52-44)34(4)40(51-54(16,17)42(9,10)11)31-45-29-36-22-20-19-21-23-36/h19-23,25,33-35,37-40H,18,24,26-31H2,1-17H3/b32-25+/t33-,34+,35?,37-,38+,39-,40+,44+/m0/s1. The van der Waals surface area contributed by atoms with Crippen LogP contribution in [0.2, 0.25) is 36.3 Å². The van der Waals surface area contributed by atoms with Crippen molar-refractivity contribution < 1.29 is 37.3 Å². The molecule has 0 radical (unpaired) electrons. The van der Waals surface area contributed by atoms with Crippen molar-refractivity contribution in [2.75, 3.05) is 26.4 Å². The summed E-state index contributed by atoms with van der Waals surface area (Å²) in [6, 6.07) is 10.3. The van der Waals surface area contributed by atoms with E-state index in [0.717, 1.165) is 25.0 Å². The Kier molecular flexibility index (Phi) is 16.9. The highest BCUT2D eigenvalue weighted by molar-refractivity contribution is 6.74. The number of hydrogen-bond donors (Lipinski definition) is 0. The van der Waals surface area contributed by atoms with Gasteiger partial charge in [0.05, 0.1) is 38.1 Å². The molecule has 2 saturated heterocycles. The number of benzene rings is 1. The first-order chi connectivity index (χ1) is 24.8. The zero-order valence-corrected chi connectivity index (χ0v) is 39.4. The van der Waals surface area contributed by atoms with Crippen molar-refractivity contribution >= 4 is 16.6 Å². The Hall–Kier alpha value is -0.926. The monoisotopic (exact) mass is 793 g/mol. The minimum Gasteiger partial charge on any atom is -0.417 e. The van der Waals surface area contributed by atoms with Crippen molar-refractivity contribution in [1.29, 1.82) is 0 Å². The molecule has 0 amide bonds. The van der Waals surface area contributed by atoms with E-state index >= 15 is 0 Å². The van der Waals surface area contributed by atoms with E-state index < -0.39 is 28.2 Å². The Balaban J connectivity index is 1.92. The van der Waals surface area contributed by atoms with Gasteiger partial charge in [0, 0.05) is 31.5 Å². The summed E-state index contributed by atoms with van der Waals surface area (Å²) in [4.78, 5) is 0. The first-order valence-corrected chi connectivity index (χ1v) is 26.5. The SMILES string of the molecule is CCOC(C)O[C@H]1CO[C@@]2(C[C@@H]([C@@H](C)[C@@H](COCc3ccccc3)O[Si](C)(C)C(C)(C)C)OC(C)(C)O2)[C@@H](/C=C(\C)C[C@H](C)CO[Si](C)(C)C(C)(C)C)C1. The van der Waals surface area contributed by atoms with Crippen LogP contribution in [0.5, 0.6) is 0 Å². The van der Waals surface area contributed by atoms with Crippen molar-refractivity contribution in [1.82, 2.24) is 0 Å². The summed E-state index contributed by atoms with van der Waals surface area (Å²) in [6.45, 7) is 40.6. The molecule has 1 aromatic carbocycles. The Bertz CT molecular complexity index is 1300. The third-order valence-electron chi connectivity index (χ3n) is 12.2. The van der Waals surface area contributed by atoms with Crippen molar-refractivity contribution in [3.63, 3.8) is 0 Å². The first kappa shape index (κ1) is 47.4. The van der Waals surface area contributed by atoms with Gasteiger partial charge < -0.3 is 37.3 Å². The quantitative estimate of drug-likeness (QED) is 0.0827. The van der Waals surface area contributed by atoms with Crippen LogP contribution in [0.4, 0.5) is 0 Å². The molecule has 3 rings (SSSR count). The van der Waals surface area contributed by atoms with E-state index in [1.807, 2.05) is 33.8 Å². The molecule has 2 aliphatic heterocycles. The molecule has 54 heavy (non-hydrogen) atoms. The Morgan fingerprint density at radius 2 is 1.57 bits per heavy atom. The fourth-order valence-corrected chi connectivity index (χ4v) is 9.55. The molecule has 1 aromatic rings. The fraction of sp³-hybridized carbons (Fsp3) is 0.818. The summed E-state index contributed by atoms with van der Waals surface area (Å²) in [5, 5.41) is 0.225. The van der Waals surface area contributed by atoms with Crippen molar-refractivity contribution in [2.45, 2.75) is 188 Å². The molecule has 312 valence electrons. The fourth-order valence-electron chi connectivity index (χ4n) is 7.03. The molecule has 0 saturated carbocycles. The second kappa shape index (κ2) is 19.2. The van der Waals surface area contributed by atoms with Gasteiger partial charge in [-0.2, -0.15) is 0 Å². The largest absolute Gasteiger partial charge is 0.417 e. The van der Waals surface area contributed by atoms with Gasteiger partial charge in [0.25, 0.3) is 0 Å². The van der Waals surface area contributed by atoms with Gasteiger partial charge in [0.2, 0.25) is 0 Å². The van der Waals surface area contributed by atoms with Crippen LogP contribution >= 0.6 is 0 Å². The zero-order valence-electron chi connectivity index (χ0n) is 37.4. The van der Waals surface area contributed by atoms with E-state index in [2.05, 4.69) is 119 Å². The lowest BCUT2D eigenvalue weighted by atomic mass is 9.80. The number of rotatable bonds is 18. The van der Waals surface area contributed by atoms with E-state index in [1.54, 1.807) is 0 Å². The number of allylic oxidation sites excluding steroid dienone is 1. The molecule has 0 bridgehead atoms. The van der Waals surface area contributed by atoms with Gasteiger partial charge in [0.1, 0.15) is 0 Å². The molecule has 0 aromatic heterocycles. The van der Waals surface area contributed by atoms with Crippen LogP contribution in [0, 0.1) is 17.8 Å². The van der Waals surface area contributed by atoms with Gasteiger partial charge >= 0.3 is 0 Å². The maximum Gasteiger partial charge on any atom is 0.192 e. The van der Waals surface area contributed by atoms with Gasteiger partial charge in [-0.3, -0.25) is 0 Å². The predicted octanol–water partition coefficient (Wildman–Crippen LogP) is 11.3. The van der Waals surface area contributed by atoms with Crippen molar-refractivity contribution in [3.05, 3.63) is 47.5 Å². The van der Waals surface area contributed by atoms with Gasteiger partial charge in [-0.1, -0.05) is 97.4 Å². The van der Waals surface area contributed by atoms with Crippen LogP contribution in [-0.2, 0) is 43.9 Å². The van der Waals surface area contributed by atoms with Crippen LogP contribution in [-0.4, -0.2) is 79.2 Å². The topological polar surface area (TPSA) is 73.8 Å². The molecular weight excluding hydrogens is 713 g/mol. The third-order valence-corrected chi connectivity index (χ3v) is 21.2. The van der Waals surface area contributed by atoms with Crippen LogP contribution in [0.3, 0.4) is 0 Å². The summed E-state index contributed by atoms with van der Waals surface area (Å²) >= 11 is 0. The Labute approximate surface area is 333 Å². The lowest BCUT2D eigenvalue weighted by Gasteiger charge is -2.55. The smallest absolute Gasteiger partial charge is 0.192 e. The summed E-state index contributed by atoms with van der Waals surface area (Å²) in [5.41, 5.74) is 2.45. The number of hydrogen-bond acceptors (Lipinski definition) is 8. The highest BCUT2D eigenvalue weighted by atomic mass is 28.4. The maximum absolute atomic E-state index is 7.18. The molecule has 1 unspecified atom stereocenters. The first-order valence-electron chi connectivity index (χ1n) is 20.7. The molecule has 0 aliphatic carbocycles. The molecule has 8 atom stereocenters. The van der Waals surface area contributed by atoms with Gasteiger partial charge in [-0.05, 0) is 95.2 Å². The van der Waals surface area contributed by atoms with Crippen LogP contribution in [0.1, 0.15) is 115 Å². The van der Waals surface area contributed by atoms with E-state index in [4.69, 9.17) is 37.3 Å². The lowest BCUT2D eigenvalue weighted by molar-refractivity contribution is -0.430. The molecule has 1 spiro atoms. The van der Waals surface area contributed by atoms with Gasteiger partial charge in [0.15, 0.2) is 34.5 Å². The summed E-state index contributed by atoms with van der Waals surface area (Å²) < 4.78 is 53.1. The van der Waals surface area contributed by atoms with Crippen LogP contribution in [0.25, 0.3) is 0 Å². The second-order valence-electron chi connectivity index (χ2n) is 19.8. The van der Waals surface area contributed by atoms with Gasteiger partial charge in [-0.15, -0.1) is 0 Å². The Morgan fingerprint density at radius 3 is 2.17 bits per heavy atom. The van der Waals surface area contributed by atoms with E-state index in [0.29, 0.717) is 38.8 Å². The molecule has 0 N–H and O–H groups in total. The second-order valence-corrected chi connectivity index (χ2v) is 29.3. The highest BCUT2D eigenvalue weighted by Gasteiger charge is 2.56. The van der Waals surface area contributed by atoms with E-state index in [-0.39, 0.29) is 46.5 Å². The maximum atomic E-state index is 7.18. The number of ether oxygens (including phenoxy) is 6. The van der Waals surface area contributed by atoms with Crippen molar-refractivity contribution in [2.24, 2.45) is 17.8 Å². The van der Waals surface area contributed by atoms with Crippen LogP contribution in [0.15, 0.2) is 42.0 Å². The van der Waals surface area contributed by atoms with Crippen molar-refractivity contribution in [3.8, 4) is 0 Å². The zero-order chi connectivity index (χ0) is 40.8. The molecule has 8 nitrogen and oxygen atoms in total. The van der Waals surface area contributed by atoms with E-state index in [1.165, 1.54) is 5.57 Å². The minimum atomic E-state index is -2.16. The highest BCUT2D eigenvalue weighted by Crippen LogP contribution is 2.48. The minimum absolute atomic E-state index is 0.00346. The average Bonchev–Trinajstić information content (AvgIpc) is 3.03. The average molecular weight is 793 g/mol. The third kappa shape index (κ3) is 13.6. The summed E-state index contributed by atoms with van der Waals surface area (Å²) in [5.74, 6) is -1.47.